The Kier molecular flexibility index (Phi) is 14.7. The molecule has 4 aromatic carbocycles. The Labute approximate surface area is 441 Å². The fourth-order valence-corrected chi connectivity index (χ4v) is 11.8. The number of nitrogens with one attached hydrogen (secondary N) is 1. The van der Waals surface area contributed by atoms with Gasteiger partial charge in [0, 0.05) is 102 Å². The number of carbonyl (C=O) groups is 2. The fourth-order valence-electron chi connectivity index (χ4n) is 10.9. The van der Waals surface area contributed by atoms with Gasteiger partial charge in [-0.15, -0.1) is 5.10 Å². The first-order valence-electron chi connectivity index (χ1n) is 25.8. The van der Waals surface area contributed by atoms with Crippen molar-refractivity contribution in [2.45, 2.75) is 52.5 Å². The average molecular weight is 1060 g/mol. The molecule has 0 bridgehead atoms. The van der Waals surface area contributed by atoms with E-state index < -0.39 is 21.9 Å². The fraction of sp³-hybridized carbons (Fsp3) is 0.407. The van der Waals surface area contributed by atoms with Crippen LogP contribution in [-0.2, 0) is 27.8 Å². The first kappa shape index (κ1) is 51.9. The van der Waals surface area contributed by atoms with Crippen molar-refractivity contribution in [1.29, 1.82) is 0 Å². The Morgan fingerprint density at radius 2 is 1.53 bits per heavy atom. The Balaban J connectivity index is 0.691. The van der Waals surface area contributed by atoms with Crippen molar-refractivity contribution in [3.63, 3.8) is 0 Å². The van der Waals surface area contributed by atoms with Crippen molar-refractivity contribution >= 4 is 56.4 Å². The number of anilines is 6. The molecular weight excluding hydrogens is 996 g/mol. The summed E-state index contributed by atoms with van der Waals surface area (Å²) in [4.78, 5) is 46.8. The quantitative estimate of drug-likeness (QED) is 0.0896. The van der Waals surface area contributed by atoms with Crippen LogP contribution in [0.25, 0.3) is 17.1 Å². The summed E-state index contributed by atoms with van der Waals surface area (Å²) in [6.45, 7) is 11.8. The number of para-hydroxylation sites is 1. The van der Waals surface area contributed by atoms with Crippen molar-refractivity contribution in [3.05, 3.63) is 102 Å². The summed E-state index contributed by atoms with van der Waals surface area (Å²) < 4.78 is 50.6. The topological polar surface area (TPSA) is 226 Å². The molecule has 2 aromatic heterocycles. The molecule has 2 amide bonds. The summed E-state index contributed by atoms with van der Waals surface area (Å²) in [7, 11) is -2.38. The largest absolute Gasteiger partial charge is 0.508 e. The number of likely N-dealkylation sites (tertiary alicyclic amines) is 1. The van der Waals surface area contributed by atoms with Crippen molar-refractivity contribution in [1.82, 2.24) is 39.4 Å². The molecule has 0 atom stereocenters. The lowest BCUT2D eigenvalue weighted by atomic mass is 9.91. The zero-order valence-corrected chi connectivity index (χ0v) is 43.9. The van der Waals surface area contributed by atoms with E-state index in [1.54, 1.807) is 49.5 Å². The second-order valence-electron chi connectivity index (χ2n) is 19.9. The number of hydrogen-bond donors (Lipinski definition) is 4. The second kappa shape index (κ2) is 21.6. The van der Waals surface area contributed by atoms with Crippen LogP contribution in [0.4, 0.5) is 38.9 Å². The van der Waals surface area contributed by atoms with E-state index in [0.29, 0.717) is 66.8 Å². The van der Waals surface area contributed by atoms with Crippen LogP contribution in [0.5, 0.6) is 23.3 Å². The summed E-state index contributed by atoms with van der Waals surface area (Å²) in [6, 6.07) is 19.4. The molecule has 0 saturated carbocycles. The predicted octanol–water partition coefficient (Wildman–Crippen LogP) is 6.65. The number of fused-ring (bicyclic) bond motifs is 2. The third kappa shape index (κ3) is 10.5. The van der Waals surface area contributed by atoms with Crippen LogP contribution in [0.2, 0.25) is 0 Å². The minimum Gasteiger partial charge on any atom is -0.508 e. The Hall–Kier alpha value is -7.56. The molecule has 4 aliphatic heterocycles. The summed E-state index contributed by atoms with van der Waals surface area (Å²) in [5, 5.41) is 42.4. The average Bonchev–Trinajstić information content (AvgIpc) is 3.78. The van der Waals surface area contributed by atoms with Crippen LogP contribution in [0.3, 0.4) is 0 Å². The first-order chi connectivity index (χ1) is 36.6. The van der Waals surface area contributed by atoms with E-state index in [0.717, 1.165) is 87.7 Å². The maximum Gasteiger partial charge on any atom is 0.319 e. The highest BCUT2D eigenvalue weighted by molar-refractivity contribution is 7.92. The number of sulfonamides is 1. The number of aryl methyl sites for hydroxylation is 1. The lowest BCUT2D eigenvalue weighted by molar-refractivity contribution is -0.137. The lowest BCUT2D eigenvalue weighted by Gasteiger charge is -2.40. The van der Waals surface area contributed by atoms with Gasteiger partial charge in [-0.3, -0.25) is 14.5 Å². The number of phenolic OH excluding ortho intramolecular Hbond substituents is 2. The van der Waals surface area contributed by atoms with Gasteiger partial charge in [0.25, 0.3) is 5.91 Å². The molecule has 10 rings (SSSR count). The summed E-state index contributed by atoms with van der Waals surface area (Å²) >= 11 is 0. The molecule has 4 aliphatic rings. The van der Waals surface area contributed by atoms with Gasteiger partial charge in [-0.1, -0.05) is 30.2 Å². The van der Waals surface area contributed by atoms with Gasteiger partial charge in [-0.2, -0.15) is 4.98 Å². The summed E-state index contributed by atoms with van der Waals surface area (Å²) in [5.41, 5.74) is 3.83. The SMILES string of the molecule is CCOc1cc(N2CCC(C(=O)N3CCC(CN4CCN(Cc5ccc(-n6c(O)nnc6-c6cc(CC)c(O)cc6O)cc5F)CC4)CC3)CC2)ccc1Nc1ncc2c(n1)N(S(C)(=O)=O)c1ccccc1C(=O)N2C. The highest BCUT2D eigenvalue weighted by Gasteiger charge is 2.36. The molecule has 76 heavy (non-hydrogen) atoms. The highest BCUT2D eigenvalue weighted by atomic mass is 32.2. The number of piperidine rings is 2. The van der Waals surface area contributed by atoms with Crippen LogP contribution in [0.15, 0.2) is 79.0 Å². The number of nitrogens with zero attached hydrogens (tertiary/aromatic N) is 11. The molecule has 400 valence electrons. The van der Waals surface area contributed by atoms with E-state index in [9.17, 15) is 33.3 Å². The van der Waals surface area contributed by atoms with E-state index in [4.69, 9.17) is 4.74 Å². The molecule has 20 nitrogen and oxygen atoms in total. The van der Waals surface area contributed by atoms with Gasteiger partial charge >= 0.3 is 6.01 Å². The smallest absolute Gasteiger partial charge is 0.319 e. The monoisotopic (exact) mass is 1060 g/mol. The zero-order valence-electron chi connectivity index (χ0n) is 43.1. The van der Waals surface area contributed by atoms with Crippen molar-refractivity contribution in [2.24, 2.45) is 11.8 Å². The van der Waals surface area contributed by atoms with Crippen molar-refractivity contribution in [3.8, 4) is 40.3 Å². The van der Waals surface area contributed by atoms with Crippen LogP contribution in [0.1, 0.15) is 61.0 Å². The van der Waals surface area contributed by atoms with E-state index in [1.165, 1.54) is 27.8 Å². The van der Waals surface area contributed by atoms with E-state index in [2.05, 4.69) is 45.1 Å². The van der Waals surface area contributed by atoms with Crippen LogP contribution < -0.4 is 24.2 Å². The second-order valence-corrected chi connectivity index (χ2v) is 21.8. The summed E-state index contributed by atoms with van der Waals surface area (Å²) in [6.07, 6.45) is 6.38. The molecular formula is C54H63FN12O8S. The van der Waals surface area contributed by atoms with E-state index >= 15 is 4.39 Å². The number of amides is 2. The number of aromatic nitrogens is 5. The predicted molar refractivity (Wildman–Crippen MR) is 286 cm³/mol. The number of halogens is 1. The number of ether oxygens (including phenoxy) is 1. The standard InChI is InChI=1S/C54H63FN12O8S/c1-5-35-27-41(47(69)30-46(35)68)49-59-60-54(72)66(49)39-12-11-37(42(55)28-39)33-63-25-23-62(24-26-63)32-34-15-19-65(20-16-34)51(70)36-17-21-64(22-18-36)38-13-14-43(48(29-38)75-6-2)57-53-56-31-45-50(58-53)67(76(4,73)74)44-10-8-7-9-40(44)52(71)61(45)3/h7-14,27-31,34,36,68-69H,5-6,15-26,32-33H2,1-4H3,(H,60,72)(H,56,57,58). The number of rotatable bonds is 14. The molecule has 6 heterocycles. The third-order valence-corrected chi connectivity index (χ3v) is 16.1. The lowest BCUT2D eigenvalue weighted by Crippen LogP contribution is -2.49. The minimum absolute atomic E-state index is 0.0359. The molecule has 0 radical (unpaired) electrons. The molecule has 6 aromatic rings. The summed E-state index contributed by atoms with van der Waals surface area (Å²) in [5.74, 6) is 0.383. The molecule has 0 spiro atoms. The van der Waals surface area contributed by atoms with Gasteiger partial charge in [0.15, 0.2) is 11.6 Å². The molecule has 3 saturated heterocycles. The Bertz CT molecular complexity index is 3260. The van der Waals surface area contributed by atoms with E-state index in [-0.39, 0.29) is 69.3 Å². The van der Waals surface area contributed by atoms with Gasteiger partial charge in [-0.25, -0.2) is 26.7 Å². The van der Waals surface area contributed by atoms with Gasteiger partial charge in [0.1, 0.15) is 28.8 Å². The van der Waals surface area contributed by atoms with Gasteiger partial charge in [-0.05, 0) is 93.0 Å². The maximum absolute atomic E-state index is 15.7. The van der Waals surface area contributed by atoms with Gasteiger partial charge in [0.2, 0.25) is 21.9 Å². The molecule has 0 unspecified atom stereocenters. The van der Waals surface area contributed by atoms with Crippen LogP contribution in [-0.4, -0.2) is 154 Å². The highest BCUT2D eigenvalue weighted by Crippen LogP contribution is 2.42. The van der Waals surface area contributed by atoms with E-state index in [1.807, 2.05) is 32.0 Å². The van der Waals surface area contributed by atoms with Crippen molar-refractivity contribution < 1.29 is 42.5 Å². The van der Waals surface area contributed by atoms with Crippen molar-refractivity contribution in [2.75, 3.05) is 98.2 Å². The number of benzene rings is 4. The first-order valence-corrected chi connectivity index (χ1v) is 27.7. The normalized spacial score (nSPS) is 17.1. The maximum atomic E-state index is 15.7. The van der Waals surface area contributed by atoms with Crippen LogP contribution >= 0.6 is 0 Å². The number of piperazine rings is 1. The Morgan fingerprint density at radius 3 is 2.24 bits per heavy atom. The number of hydrogen-bond acceptors (Lipinski definition) is 16. The molecule has 3 fully saturated rings. The number of phenols is 2. The Morgan fingerprint density at radius 1 is 0.803 bits per heavy atom. The van der Waals surface area contributed by atoms with Gasteiger partial charge < -0.3 is 45.0 Å². The number of carbonyl (C=O) groups excluding carboxylic acids is 2. The van der Waals surface area contributed by atoms with Crippen LogP contribution in [0, 0.1) is 17.7 Å². The van der Waals surface area contributed by atoms with Gasteiger partial charge in [0.05, 0.1) is 47.2 Å². The number of aromatic hydroxyl groups is 3. The zero-order chi connectivity index (χ0) is 53.4. The molecule has 22 heteroatoms. The molecule has 0 aliphatic carbocycles. The minimum atomic E-state index is -3.93. The molecule has 4 N–H and O–H groups in total. The third-order valence-electron chi connectivity index (χ3n) is 15.1.